The molecule has 0 aliphatic carbocycles. The van der Waals surface area contributed by atoms with Crippen LogP contribution in [0, 0.1) is 0 Å². The van der Waals surface area contributed by atoms with Crippen LogP contribution < -0.4 is 5.32 Å². The SMILES string of the molecule is CS(=O)(=O)c1ccc(CNC(=O)c2ccncc2)cc1O. The Labute approximate surface area is 122 Å². The summed E-state index contributed by atoms with van der Waals surface area (Å²) in [6.45, 7) is 0.179. The molecule has 0 atom stereocenters. The van der Waals surface area contributed by atoms with Crippen molar-refractivity contribution >= 4 is 15.7 Å². The van der Waals surface area contributed by atoms with Gasteiger partial charge in [0.2, 0.25) is 0 Å². The Morgan fingerprint density at radius 1 is 1.24 bits per heavy atom. The summed E-state index contributed by atoms with van der Waals surface area (Å²) in [4.78, 5) is 15.5. The van der Waals surface area contributed by atoms with Crippen molar-refractivity contribution in [3.63, 3.8) is 0 Å². The van der Waals surface area contributed by atoms with Crippen molar-refractivity contribution in [1.82, 2.24) is 10.3 Å². The molecule has 0 saturated carbocycles. The highest BCUT2D eigenvalue weighted by molar-refractivity contribution is 7.90. The summed E-state index contributed by atoms with van der Waals surface area (Å²) in [6.07, 6.45) is 4.05. The van der Waals surface area contributed by atoms with Crippen LogP contribution in [-0.4, -0.2) is 30.7 Å². The number of aromatic nitrogens is 1. The maximum absolute atomic E-state index is 11.8. The predicted molar refractivity (Wildman–Crippen MR) is 76.6 cm³/mol. The zero-order chi connectivity index (χ0) is 15.5. The maximum atomic E-state index is 11.8. The molecule has 2 aromatic rings. The van der Waals surface area contributed by atoms with Crippen LogP contribution in [0.25, 0.3) is 0 Å². The standard InChI is InChI=1S/C14H14N2O4S/c1-21(19,20)13-3-2-10(8-12(13)17)9-16-14(18)11-4-6-15-7-5-11/h2-8,17H,9H2,1H3,(H,16,18). The number of hydrogen-bond donors (Lipinski definition) is 2. The van der Waals surface area contributed by atoms with E-state index in [4.69, 9.17) is 0 Å². The largest absolute Gasteiger partial charge is 0.507 e. The first-order chi connectivity index (χ1) is 9.88. The summed E-state index contributed by atoms with van der Waals surface area (Å²) in [7, 11) is -3.47. The highest BCUT2D eigenvalue weighted by Crippen LogP contribution is 2.23. The number of aromatic hydroxyl groups is 1. The Hall–Kier alpha value is -2.41. The van der Waals surface area contributed by atoms with Gasteiger partial charge in [0, 0.05) is 30.8 Å². The van der Waals surface area contributed by atoms with Crippen molar-refractivity contribution < 1.29 is 18.3 Å². The molecule has 1 heterocycles. The molecule has 2 N–H and O–H groups in total. The number of rotatable bonds is 4. The van der Waals surface area contributed by atoms with Gasteiger partial charge in [-0.15, -0.1) is 0 Å². The summed E-state index contributed by atoms with van der Waals surface area (Å²) in [6, 6.07) is 7.35. The van der Waals surface area contributed by atoms with Crippen LogP contribution in [0.1, 0.15) is 15.9 Å². The van der Waals surface area contributed by atoms with E-state index >= 15 is 0 Å². The first-order valence-electron chi connectivity index (χ1n) is 6.08. The first kappa shape index (κ1) is 15.0. The Kier molecular flexibility index (Phi) is 4.23. The van der Waals surface area contributed by atoms with Crippen molar-refractivity contribution in [2.75, 3.05) is 6.26 Å². The van der Waals surface area contributed by atoms with E-state index in [2.05, 4.69) is 10.3 Å². The number of nitrogens with one attached hydrogen (secondary N) is 1. The average molecular weight is 306 g/mol. The molecule has 110 valence electrons. The van der Waals surface area contributed by atoms with Crippen LogP contribution in [0.2, 0.25) is 0 Å². The van der Waals surface area contributed by atoms with E-state index in [1.54, 1.807) is 18.2 Å². The molecule has 1 amide bonds. The van der Waals surface area contributed by atoms with E-state index < -0.39 is 9.84 Å². The van der Waals surface area contributed by atoms with Gasteiger partial charge in [-0.2, -0.15) is 0 Å². The van der Waals surface area contributed by atoms with Gasteiger partial charge in [-0.25, -0.2) is 8.42 Å². The Bertz CT molecular complexity index is 758. The van der Waals surface area contributed by atoms with Crippen LogP contribution in [-0.2, 0) is 16.4 Å². The third-order valence-electron chi connectivity index (χ3n) is 2.82. The van der Waals surface area contributed by atoms with Crippen LogP contribution in [0.15, 0.2) is 47.6 Å². The Morgan fingerprint density at radius 2 is 1.90 bits per heavy atom. The van der Waals surface area contributed by atoms with Gasteiger partial charge in [0.1, 0.15) is 10.6 Å². The molecular weight excluding hydrogens is 292 g/mol. The second-order valence-electron chi connectivity index (χ2n) is 4.49. The molecule has 0 spiro atoms. The Morgan fingerprint density at radius 3 is 2.48 bits per heavy atom. The van der Waals surface area contributed by atoms with Crippen LogP contribution in [0.5, 0.6) is 5.75 Å². The molecule has 6 nitrogen and oxygen atoms in total. The number of nitrogens with zero attached hydrogens (tertiary/aromatic N) is 1. The number of phenolic OH excluding ortho intramolecular Hbond substituents is 1. The minimum Gasteiger partial charge on any atom is -0.507 e. The maximum Gasteiger partial charge on any atom is 0.251 e. The number of carbonyl (C=O) groups is 1. The lowest BCUT2D eigenvalue weighted by atomic mass is 10.2. The fourth-order valence-electron chi connectivity index (χ4n) is 1.77. The molecule has 7 heteroatoms. The minimum atomic E-state index is -3.47. The molecule has 0 saturated heterocycles. The molecular formula is C14H14N2O4S. The van der Waals surface area contributed by atoms with Gasteiger partial charge in [-0.05, 0) is 29.8 Å². The second-order valence-corrected chi connectivity index (χ2v) is 6.48. The van der Waals surface area contributed by atoms with Crippen LogP contribution in [0.4, 0.5) is 0 Å². The lowest BCUT2D eigenvalue weighted by Crippen LogP contribution is -2.22. The van der Waals surface area contributed by atoms with E-state index in [1.807, 2.05) is 0 Å². The normalized spacial score (nSPS) is 11.1. The van der Waals surface area contributed by atoms with Crippen molar-refractivity contribution in [3.05, 3.63) is 53.9 Å². The van der Waals surface area contributed by atoms with Gasteiger partial charge < -0.3 is 10.4 Å². The molecule has 0 unspecified atom stereocenters. The third-order valence-corrected chi connectivity index (χ3v) is 3.96. The minimum absolute atomic E-state index is 0.133. The molecule has 0 radical (unpaired) electrons. The molecule has 21 heavy (non-hydrogen) atoms. The van der Waals surface area contributed by atoms with Gasteiger partial charge in [0.15, 0.2) is 9.84 Å². The third kappa shape index (κ3) is 3.79. The van der Waals surface area contributed by atoms with E-state index in [1.165, 1.54) is 24.5 Å². The van der Waals surface area contributed by atoms with Gasteiger partial charge >= 0.3 is 0 Å². The monoisotopic (exact) mass is 306 g/mol. The zero-order valence-corrected chi connectivity index (χ0v) is 12.1. The number of hydrogen-bond acceptors (Lipinski definition) is 5. The number of amides is 1. The summed E-state index contributed by atoms with van der Waals surface area (Å²) in [5.41, 5.74) is 1.07. The summed E-state index contributed by atoms with van der Waals surface area (Å²) in [5, 5.41) is 12.4. The zero-order valence-electron chi connectivity index (χ0n) is 11.3. The summed E-state index contributed by atoms with van der Waals surface area (Å²) < 4.78 is 22.8. The van der Waals surface area contributed by atoms with Crippen LogP contribution >= 0.6 is 0 Å². The molecule has 1 aromatic carbocycles. The average Bonchev–Trinajstić information content (AvgIpc) is 2.44. The van der Waals surface area contributed by atoms with Gasteiger partial charge in [0.25, 0.3) is 5.91 Å². The van der Waals surface area contributed by atoms with Crippen molar-refractivity contribution in [2.45, 2.75) is 11.4 Å². The highest BCUT2D eigenvalue weighted by atomic mass is 32.2. The smallest absolute Gasteiger partial charge is 0.251 e. The Balaban J connectivity index is 2.08. The lowest BCUT2D eigenvalue weighted by molar-refractivity contribution is 0.0950. The van der Waals surface area contributed by atoms with E-state index in [0.29, 0.717) is 11.1 Å². The molecule has 0 aliphatic rings. The lowest BCUT2D eigenvalue weighted by Gasteiger charge is -2.08. The van der Waals surface area contributed by atoms with Gasteiger partial charge in [-0.1, -0.05) is 6.07 Å². The first-order valence-corrected chi connectivity index (χ1v) is 7.97. The fraction of sp³-hybridized carbons (Fsp3) is 0.143. The predicted octanol–water partition coefficient (Wildman–Crippen LogP) is 1.12. The number of sulfone groups is 1. The van der Waals surface area contributed by atoms with E-state index in [9.17, 15) is 18.3 Å². The summed E-state index contributed by atoms with van der Waals surface area (Å²) >= 11 is 0. The van der Waals surface area contributed by atoms with Gasteiger partial charge in [-0.3, -0.25) is 9.78 Å². The number of carbonyl (C=O) groups excluding carboxylic acids is 1. The van der Waals surface area contributed by atoms with Crippen molar-refractivity contribution in [3.8, 4) is 5.75 Å². The summed E-state index contributed by atoms with van der Waals surface area (Å²) in [5.74, 6) is -0.600. The second kappa shape index (κ2) is 5.92. The molecule has 2 rings (SSSR count). The molecule has 0 bridgehead atoms. The number of phenols is 1. The highest BCUT2D eigenvalue weighted by Gasteiger charge is 2.13. The van der Waals surface area contributed by atoms with E-state index in [0.717, 1.165) is 6.26 Å². The number of benzene rings is 1. The molecule has 1 aromatic heterocycles. The van der Waals surface area contributed by atoms with Crippen molar-refractivity contribution in [2.24, 2.45) is 0 Å². The van der Waals surface area contributed by atoms with Crippen molar-refractivity contribution in [1.29, 1.82) is 0 Å². The van der Waals surface area contributed by atoms with Crippen LogP contribution in [0.3, 0.4) is 0 Å². The molecule has 0 fully saturated rings. The van der Waals surface area contributed by atoms with E-state index in [-0.39, 0.29) is 23.1 Å². The quantitative estimate of drug-likeness (QED) is 0.882. The molecule has 0 aliphatic heterocycles. The van der Waals surface area contributed by atoms with Gasteiger partial charge in [0.05, 0.1) is 0 Å². The fourth-order valence-corrected chi connectivity index (χ4v) is 2.53. The topological polar surface area (TPSA) is 96.4 Å². The number of pyridine rings is 1.